The summed E-state index contributed by atoms with van der Waals surface area (Å²) >= 11 is 0. The minimum Gasteiger partial charge on any atom is -0.370 e. The van der Waals surface area contributed by atoms with E-state index in [9.17, 15) is 0 Å². The number of nitrogens with zero attached hydrogens (tertiary/aromatic N) is 4. The zero-order chi connectivity index (χ0) is 14.7. The Balaban J connectivity index is 1.68. The van der Waals surface area contributed by atoms with E-state index in [-0.39, 0.29) is 0 Å². The zero-order valence-corrected chi connectivity index (χ0v) is 13.3. The van der Waals surface area contributed by atoms with Gasteiger partial charge in [0.05, 0.1) is 0 Å². The van der Waals surface area contributed by atoms with E-state index in [1.807, 2.05) is 0 Å². The van der Waals surface area contributed by atoms with Crippen molar-refractivity contribution in [3.8, 4) is 0 Å². The summed E-state index contributed by atoms with van der Waals surface area (Å²) in [5.41, 5.74) is 0. The van der Waals surface area contributed by atoms with Crippen molar-refractivity contribution in [1.82, 2.24) is 14.9 Å². The molecule has 1 aliphatic heterocycles. The Morgan fingerprint density at radius 1 is 1.14 bits per heavy atom. The molecule has 2 fully saturated rings. The predicted octanol–water partition coefficient (Wildman–Crippen LogP) is 2.15. The maximum atomic E-state index is 4.73. The van der Waals surface area contributed by atoms with Crippen LogP contribution in [-0.4, -0.2) is 53.6 Å². The van der Waals surface area contributed by atoms with E-state index in [0.717, 1.165) is 56.0 Å². The van der Waals surface area contributed by atoms with E-state index in [4.69, 9.17) is 4.98 Å². The molecule has 1 aromatic rings. The van der Waals surface area contributed by atoms with E-state index in [0.29, 0.717) is 0 Å². The number of hydrogen-bond acceptors (Lipinski definition) is 5. The Morgan fingerprint density at radius 3 is 2.52 bits per heavy atom. The third-order valence-electron chi connectivity index (χ3n) is 4.33. The lowest BCUT2D eigenvalue weighted by Gasteiger charge is -2.35. The molecule has 1 aliphatic carbocycles. The molecular weight excluding hydrogens is 262 g/mol. The Kier molecular flexibility index (Phi) is 4.58. The van der Waals surface area contributed by atoms with Crippen LogP contribution in [0.4, 0.5) is 11.6 Å². The molecule has 2 aliphatic rings. The quantitative estimate of drug-likeness (QED) is 0.869. The van der Waals surface area contributed by atoms with Crippen LogP contribution in [0.3, 0.4) is 0 Å². The second kappa shape index (κ2) is 6.60. The standard InChI is InChI=1S/C16H27N5/c1-3-7-17-15-12-16(19-14(4-2)18-15)21-10-8-20(9-11-21)13-5-6-13/h12-13H,3-11H2,1-2H3,(H,17,18,19). The highest BCUT2D eigenvalue weighted by Crippen LogP contribution is 2.28. The molecule has 21 heavy (non-hydrogen) atoms. The van der Waals surface area contributed by atoms with Crippen LogP contribution in [0, 0.1) is 0 Å². The van der Waals surface area contributed by atoms with Gasteiger partial charge in [0.15, 0.2) is 0 Å². The van der Waals surface area contributed by atoms with Gasteiger partial charge >= 0.3 is 0 Å². The van der Waals surface area contributed by atoms with E-state index in [1.165, 1.54) is 25.9 Å². The molecule has 0 radical (unpaired) electrons. The Hall–Kier alpha value is -1.36. The summed E-state index contributed by atoms with van der Waals surface area (Å²) in [7, 11) is 0. The Morgan fingerprint density at radius 2 is 1.90 bits per heavy atom. The minimum atomic E-state index is 0.880. The first kappa shape index (κ1) is 14.6. The molecule has 5 heteroatoms. The van der Waals surface area contributed by atoms with Crippen molar-refractivity contribution in [3.05, 3.63) is 11.9 Å². The number of aromatic nitrogens is 2. The van der Waals surface area contributed by atoms with Crippen LogP contribution in [0.15, 0.2) is 6.07 Å². The van der Waals surface area contributed by atoms with Crippen LogP contribution in [0.5, 0.6) is 0 Å². The topological polar surface area (TPSA) is 44.3 Å². The lowest BCUT2D eigenvalue weighted by atomic mass is 10.3. The molecule has 0 amide bonds. The molecule has 1 aromatic heterocycles. The van der Waals surface area contributed by atoms with Crippen molar-refractivity contribution < 1.29 is 0 Å². The maximum Gasteiger partial charge on any atom is 0.134 e. The predicted molar refractivity (Wildman–Crippen MR) is 87.0 cm³/mol. The van der Waals surface area contributed by atoms with Crippen LogP contribution in [0.2, 0.25) is 0 Å². The van der Waals surface area contributed by atoms with Gasteiger partial charge in [-0.05, 0) is 19.3 Å². The normalized spacial score (nSPS) is 19.8. The fourth-order valence-corrected chi connectivity index (χ4v) is 2.90. The SMILES string of the molecule is CCCNc1cc(N2CCN(C3CC3)CC2)nc(CC)n1. The lowest BCUT2D eigenvalue weighted by molar-refractivity contribution is 0.247. The largest absolute Gasteiger partial charge is 0.370 e. The molecular formula is C16H27N5. The summed E-state index contributed by atoms with van der Waals surface area (Å²) in [6.45, 7) is 9.78. The van der Waals surface area contributed by atoms with Crippen LogP contribution in [0.1, 0.15) is 38.9 Å². The van der Waals surface area contributed by atoms with Crippen molar-refractivity contribution >= 4 is 11.6 Å². The molecule has 3 rings (SSSR count). The van der Waals surface area contributed by atoms with Gasteiger partial charge < -0.3 is 10.2 Å². The molecule has 0 atom stereocenters. The van der Waals surface area contributed by atoms with Gasteiger partial charge in [-0.25, -0.2) is 9.97 Å². The number of piperazine rings is 1. The highest BCUT2D eigenvalue weighted by atomic mass is 15.3. The van der Waals surface area contributed by atoms with E-state index in [1.54, 1.807) is 0 Å². The van der Waals surface area contributed by atoms with Gasteiger partial charge in [0, 0.05) is 51.3 Å². The molecule has 2 heterocycles. The van der Waals surface area contributed by atoms with Crippen LogP contribution >= 0.6 is 0 Å². The highest BCUT2D eigenvalue weighted by Gasteiger charge is 2.31. The van der Waals surface area contributed by atoms with Gasteiger partial charge in [0.2, 0.25) is 0 Å². The second-order valence-corrected chi connectivity index (χ2v) is 6.06. The summed E-state index contributed by atoms with van der Waals surface area (Å²) in [6.07, 6.45) is 4.80. The fourth-order valence-electron chi connectivity index (χ4n) is 2.90. The lowest BCUT2D eigenvalue weighted by Crippen LogP contribution is -2.47. The molecule has 1 N–H and O–H groups in total. The summed E-state index contributed by atoms with van der Waals surface area (Å²) in [5.74, 6) is 3.01. The Bertz CT molecular complexity index is 464. The van der Waals surface area contributed by atoms with Gasteiger partial charge in [0.1, 0.15) is 17.5 Å². The molecule has 116 valence electrons. The first-order chi connectivity index (χ1) is 10.3. The monoisotopic (exact) mass is 289 g/mol. The van der Waals surface area contributed by atoms with Crippen molar-refractivity contribution in [2.45, 2.75) is 45.6 Å². The van der Waals surface area contributed by atoms with Gasteiger partial charge in [-0.3, -0.25) is 4.90 Å². The summed E-state index contributed by atoms with van der Waals surface area (Å²) in [5, 5.41) is 3.40. The molecule has 1 saturated heterocycles. The number of nitrogens with one attached hydrogen (secondary N) is 1. The van der Waals surface area contributed by atoms with E-state index in [2.05, 4.69) is 40.0 Å². The average Bonchev–Trinajstić information content (AvgIpc) is 3.37. The first-order valence-electron chi connectivity index (χ1n) is 8.41. The van der Waals surface area contributed by atoms with Crippen molar-refractivity contribution in [2.75, 3.05) is 42.9 Å². The summed E-state index contributed by atoms with van der Waals surface area (Å²) < 4.78 is 0. The first-order valence-corrected chi connectivity index (χ1v) is 8.41. The number of rotatable bonds is 6. The molecule has 1 saturated carbocycles. The Labute approximate surface area is 127 Å². The summed E-state index contributed by atoms with van der Waals surface area (Å²) in [6, 6.07) is 2.99. The van der Waals surface area contributed by atoms with Crippen LogP contribution < -0.4 is 10.2 Å². The summed E-state index contributed by atoms with van der Waals surface area (Å²) in [4.78, 5) is 14.4. The molecule has 0 bridgehead atoms. The third-order valence-corrected chi connectivity index (χ3v) is 4.33. The molecule has 0 aromatic carbocycles. The second-order valence-electron chi connectivity index (χ2n) is 6.06. The van der Waals surface area contributed by atoms with Crippen LogP contribution in [0.25, 0.3) is 0 Å². The molecule has 0 spiro atoms. The molecule has 5 nitrogen and oxygen atoms in total. The van der Waals surface area contributed by atoms with Gasteiger partial charge in [-0.15, -0.1) is 0 Å². The highest BCUT2D eigenvalue weighted by molar-refractivity contribution is 5.49. The fraction of sp³-hybridized carbons (Fsp3) is 0.750. The molecule has 0 unspecified atom stereocenters. The van der Waals surface area contributed by atoms with Crippen LogP contribution in [-0.2, 0) is 6.42 Å². The van der Waals surface area contributed by atoms with Crippen molar-refractivity contribution in [1.29, 1.82) is 0 Å². The number of anilines is 2. The minimum absolute atomic E-state index is 0.880. The zero-order valence-electron chi connectivity index (χ0n) is 13.3. The van der Waals surface area contributed by atoms with E-state index < -0.39 is 0 Å². The smallest absolute Gasteiger partial charge is 0.134 e. The maximum absolute atomic E-state index is 4.73. The number of hydrogen-bond donors (Lipinski definition) is 1. The average molecular weight is 289 g/mol. The van der Waals surface area contributed by atoms with Crippen molar-refractivity contribution in [2.24, 2.45) is 0 Å². The third kappa shape index (κ3) is 3.64. The van der Waals surface area contributed by atoms with Gasteiger partial charge in [0.25, 0.3) is 0 Å². The van der Waals surface area contributed by atoms with Gasteiger partial charge in [-0.2, -0.15) is 0 Å². The van der Waals surface area contributed by atoms with E-state index >= 15 is 0 Å². The van der Waals surface area contributed by atoms with Crippen molar-refractivity contribution in [3.63, 3.8) is 0 Å². The number of aryl methyl sites for hydroxylation is 1. The van der Waals surface area contributed by atoms with Gasteiger partial charge in [-0.1, -0.05) is 13.8 Å².